The maximum Gasteiger partial charge on any atom is 0.258 e. The van der Waals surface area contributed by atoms with Crippen molar-refractivity contribution in [2.24, 2.45) is 0 Å². The average Bonchev–Trinajstić information content (AvgIpc) is 3.25. The zero-order valence-electron chi connectivity index (χ0n) is 23.0. The van der Waals surface area contributed by atoms with E-state index in [9.17, 15) is 9.59 Å². The normalized spacial score (nSPS) is 18.7. The second-order valence-electron chi connectivity index (χ2n) is 9.96. The van der Waals surface area contributed by atoms with Gasteiger partial charge in [-0.15, -0.1) is 0 Å². The maximum atomic E-state index is 15.2. The number of carbonyl (C=O) groups excluding carboxylic acids is 2. The molecule has 3 heterocycles. The standard InChI is InChI=1S/C28H30ClFN6O5/c1-35-9-8-19(23(14-35)40-4)32-25(37)16-10-22(39-3)20(11-18(16)30)33-28-31-12-17(29)26(34-28)41-21-7-5-6-15-13-36(2)27(38)24(15)21/h5-7,10-12,19,23H,8-9,13-14H2,1-4H3,(H,32,37)(H,31,33,34)/t19-,23+/m1/s1. The topological polar surface area (TPSA) is 118 Å². The molecule has 0 aliphatic carbocycles. The van der Waals surface area contributed by atoms with E-state index in [0.717, 1.165) is 18.2 Å². The number of halogens is 2. The molecule has 1 saturated heterocycles. The van der Waals surface area contributed by atoms with E-state index in [1.54, 1.807) is 31.2 Å². The van der Waals surface area contributed by atoms with Crippen molar-refractivity contribution in [2.75, 3.05) is 46.7 Å². The van der Waals surface area contributed by atoms with Crippen LogP contribution in [-0.4, -0.2) is 85.1 Å². The smallest absolute Gasteiger partial charge is 0.258 e. The summed E-state index contributed by atoms with van der Waals surface area (Å²) in [6, 6.07) is 7.48. The Morgan fingerprint density at radius 3 is 2.76 bits per heavy atom. The largest absolute Gasteiger partial charge is 0.495 e. The molecule has 3 aromatic rings. The number of anilines is 2. The fourth-order valence-electron chi connectivity index (χ4n) is 4.98. The fraction of sp³-hybridized carbons (Fsp3) is 0.357. The van der Waals surface area contributed by atoms with Crippen LogP contribution in [0.25, 0.3) is 0 Å². The summed E-state index contributed by atoms with van der Waals surface area (Å²) < 4.78 is 32.1. The Kier molecular flexibility index (Phi) is 8.25. The molecular formula is C28H30ClFN6O5. The van der Waals surface area contributed by atoms with Crippen molar-refractivity contribution >= 4 is 35.1 Å². The van der Waals surface area contributed by atoms with Gasteiger partial charge in [0.25, 0.3) is 11.8 Å². The first-order chi connectivity index (χ1) is 19.7. The number of ether oxygens (including phenoxy) is 3. The number of rotatable bonds is 8. The predicted molar refractivity (Wildman–Crippen MR) is 150 cm³/mol. The molecule has 13 heteroatoms. The molecule has 2 atom stereocenters. The van der Waals surface area contributed by atoms with Gasteiger partial charge in [-0.2, -0.15) is 4.98 Å². The minimum absolute atomic E-state index is 0.00109. The Hall–Kier alpha value is -4.00. The van der Waals surface area contributed by atoms with Crippen LogP contribution in [0.3, 0.4) is 0 Å². The van der Waals surface area contributed by atoms with Gasteiger partial charge < -0.3 is 34.6 Å². The minimum atomic E-state index is -0.763. The first-order valence-corrected chi connectivity index (χ1v) is 13.3. The highest BCUT2D eigenvalue weighted by atomic mass is 35.5. The molecule has 2 aromatic carbocycles. The number of nitrogens with one attached hydrogen (secondary N) is 2. The Balaban J connectivity index is 1.36. The molecule has 5 rings (SSSR count). The molecule has 2 aliphatic heterocycles. The maximum absolute atomic E-state index is 15.2. The monoisotopic (exact) mass is 584 g/mol. The number of fused-ring (bicyclic) bond motifs is 1. The van der Waals surface area contributed by atoms with Gasteiger partial charge in [-0.3, -0.25) is 9.59 Å². The molecule has 2 aliphatic rings. The molecule has 0 unspecified atom stereocenters. The number of carbonyl (C=O) groups is 2. The van der Waals surface area contributed by atoms with Gasteiger partial charge in [0.15, 0.2) is 0 Å². The van der Waals surface area contributed by atoms with Gasteiger partial charge in [0.1, 0.15) is 22.3 Å². The number of likely N-dealkylation sites (N-methyl/N-ethyl adjacent to an activating group) is 1. The fourth-order valence-corrected chi connectivity index (χ4v) is 5.11. The average molecular weight is 585 g/mol. The summed E-state index contributed by atoms with van der Waals surface area (Å²) in [6.45, 7) is 1.91. The van der Waals surface area contributed by atoms with Crippen LogP contribution in [0, 0.1) is 5.82 Å². The van der Waals surface area contributed by atoms with Crippen LogP contribution in [0.15, 0.2) is 36.5 Å². The third-order valence-electron chi connectivity index (χ3n) is 7.16. The van der Waals surface area contributed by atoms with Gasteiger partial charge >= 0.3 is 0 Å². The number of likely N-dealkylation sites (tertiary alicyclic amines) is 1. The molecule has 0 bridgehead atoms. The number of piperidine rings is 1. The Bertz CT molecular complexity index is 1490. The SMILES string of the molecule is COc1cc(C(=O)N[C@@H]2CCN(C)C[C@@H]2OC)c(F)cc1Nc1ncc(Cl)c(Oc2cccc3c2C(=O)N(C)C3)n1. The van der Waals surface area contributed by atoms with Gasteiger partial charge in [0.2, 0.25) is 11.8 Å². The molecule has 11 nitrogen and oxygen atoms in total. The van der Waals surface area contributed by atoms with E-state index in [-0.39, 0.29) is 51.9 Å². The molecule has 216 valence electrons. The summed E-state index contributed by atoms with van der Waals surface area (Å²) in [5.74, 6) is -0.970. The Morgan fingerprint density at radius 2 is 2.00 bits per heavy atom. The molecule has 0 saturated carbocycles. The van der Waals surface area contributed by atoms with E-state index in [2.05, 4.69) is 25.5 Å². The molecular weight excluding hydrogens is 555 g/mol. The van der Waals surface area contributed by atoms with Crippen molar-refractivity contribution in [3.63, 3.8) is 0 Å². The van der Waals surface area contributed by atoms with Crippen molar-refractivity contribution in [2.45, 2.75) is 25.1 Å². The molecule has 41 heavy (non-hydrogen) atoms. The summed E-state index contributed by atoms with van der Waals surface area (Å²) in [5.41, 5.74) is 1.28. The summed E-state index contributed by atoms with van der Waals surface area (Å²) >= 11 is 6.30. The summed E-state index contributed by atoms with van der Waals surface area (Å²) in [5, 5.41) is 5.90. The lowest BCUT2D eigenvalue weighted by molar-refractivity contribution is 0.0141. The van der Waals surface area contributed by atoms with Crippen LogP contribution in [-0.2, 0) is 11.3 Å². The van der Waals surface area contributed by atoms with Gasteiger partial charge in [-0.25, -0.2) is 9.37 Å². The van der Waals surface area contributed by atoms with Crippen molar-refractivity contribution in [3.8, 4) is 17.4 Å². The highest BCUT2D eigenvalue weighted by molar-refractivity contribution is 6.31. The number of hydrogen-bond acceptors (Lipinski definition) is 9. The van der Waals surface area contributed by atoms with Crippen LogP contribution in [0.5, 0.6) is 17.4 Å². The molecule has 1 aromatic heterocycles. The molecule has 1 fully saturated rings. The predicted octanol–water partition coefficient (Wildman–Crippen LogP) is 3.85. The number of nitrogens with zero attached hydrogens (tertiary/aromatic N) is 4. The highest BCUT2D eigenvalue weighted by Crippen LogP contribution is 2.36. The number of hydrogen-bond donors (Lipinski definition) is 2. The molecule has 2 N–H and O–H groups in total. The highest BCUT2D eigenvalue weighted by Gasteiger charge is 2.31. The van der Waals surface area contributed by atoms with Gasteiger partial charge in [0, 0.05) is 33.3 Å². The van der Waals surface area contributed by atoms with Crippen molar-refractivity contribution in [3.05, 3.63) is 64.1 Å². The van der Waals surface area contributed by atoms with Crippen LogP contribution in [0.4, 0.5) is 16.0 Å². The van der Waals surface area contributed by atoms with E-state index < -0.39 is 11.7 Å². The van der Waals surface area contributed by atoms with Gasteiger partial charge in [0.05, 0.1) is 42.3 Å². The van der Waals surface area contributed by atoms with E-state index in [1.807, 2.05) is 13.1 Å². The number of benzene rings is 2. The third kappa shape index (κ3) is 5.90. The number of amides is 2. The van der Waals surface area contributed by atoms with Crippen molar-refractivity contribution in [1.82, 2.24) is 25.1 Å². The van der Waals surface area contributed by atoms with Crippen LogP contribution >= 0.6 is 11.6 Å². The first-order valence-electron chi connectivity index (χ1n) is 12.9. The second kappa shape index (κ2) is 11.9. The lowest BCUT2D eigenvalue weighted by atomic mass is 10.0. The molecule has 2 amide bonds. The Labute approximate surface area is 241 Å². The summed E-state index contributed by atoms with van der Waals surface area (Å²) in [4.78, 5) is 37.8. The van der Waals surface area contributed by atoms with Gasteiger partial charge in [-0.1, -0.05) is 23.7 Å². The quantitative estimate of drug-likeness (QED) is 0.407. The van der Waals surface area contributed by atoms with Gasteiger partial charge in [-0.05, 0) is 37.7 Å². The van der Waals surface area contributed by atoms with Crippen LogP contribution < -0.4 is 20.1 Å². The van der Waals surface area contributed by atoms with E-state index in [4.69, 9.17) is 25.8 Å². The zero-order chi connectivity index (χ0) is 29.3. The van der Waals surface area contributed by atoms with Crippen molar-refractivity contribution < 1.29 is 28.2 Å². The second-order valence-corrected chi connectivity index (χ2v) is 10.4. The summed E-state index contributed by atoms with van der Waals surface area (Å²) in [6.07, 6.45) is 1.79. The lowest BCUT2D eigenvalue weighted by Gasteiger charge is -2.36. The van der Waals surface area contributed by atoms with E-state index in [0.29, 0.717) is 30.8 Å². The molecule has 0 spiro atoms. The van der Waals surface area contributed by atoms with E-state index in [1.165, 1.54) is 19.4 Å². The minimum Gasteiger partial charge on any atom is -0.495 e. The molecule has 0 radical (unpaired) electrons. The Morgan fingerprint density at radius 1 is 1.20 bits per heavy atom. The van der Waals surface area contributed by atoms with E-state index >= 15 is 4.39 Å². The third-order valence-corrected chi connectivity index (χ3v) is 7.42. The zero-order valence-corrected chi connectivity index (χ0v) is 23.8. The lowest BCUT2D eigenvalue weighted by Crippen LogP contribution is -2.53. The van der Waals surface area contributed by atoms with Crippen LogP contribution in [0.1, 0.15) is 32.7 Å². The first kappa shape index (κ1) is 28.5. The van der Waals surface area contributed by atoms with Crippen molar-refractivity contribution in [1.29, 1.82) is 0 Å². The summed E-state index contributed by atoms with van der Waals surface area (Å²) in [7, 11) is 6.68. The van der Waals surface area contributed by atoms with Crippen LogP contribution in [0.2, 0.25) is 5.02 Å². The number of aromatic nitrogens is 2. The number of methoxy groups -OCH3 is 2.